The Bertz CT molecular complexity index is 967. The fourth-order valence-corrected chi connectivity index (χ4v) is 3.30. The van der Waals surface area contributed by atoms with Gasteiger partial charge >= 0.3 is 5.97 Å². The van der Waals surface area contributed by atoms with E-state index in [0.29, 0.717) is 17.3 Å². The molecule has 0 bridgehead atoms. The van der Waals surface area contributed by atoms with Crippen molar-refractivity contribution >= 4 is 34.8 Å². The van der Waals surface area contributed by atoms with E-state index in [2.05, 4.69) is 49.8 Å². The van der Waals surface area contributed by atoms with Crippen LogP contribution in [-0.2, 0) is 4.74 Å². The largest absolute Gasteiger partial charge is 0.465 e. The molecule has 29 heavy (non-hydrogen) atoms. The third-order valence-corrected chi connectivity index (χ3v) is 4.83. The van der Waals surface area contributed by atoms with Gasteiger partial charge in [0.15, 0.2) is 0 Å². The van der Waals surface area contributed by atoms with E-state index in [1.807, 2.05) is 6.07 Å². The third kappa shape index (κ3) is 4.63. The van der Waals surface area contributed by atoms with Crippen molar-refractivity contribution in [3.05, 3.63) is 66.4 Å². The standard InChI is InChI=1S/C22H23N5O2/c1-29-21(28)16-4-6-18(7-5-16)25-22-23-13-12-20(26-22)24-17-8-10-19(11-9-17)27-14-2-3-15-27/h4-13H,2-3,14-15H2,1H3,(H2,23,24,25,26). The van der Waals surface area contributed by atoms with Gasteiger partial charge in [0, 0.05) is 36.3 Å². The van der Waals surface area contributed by atoms with Gasteiger partial charge in [0.2, 0.25) is 5.95 Å². The van der Waals surface area contributed by atoms with Crippen molar-refractivity contribution in [2.45, 2.75) is 12.8 Å². The summed E-state index contributed by atoms with van der Waals surface area (Å²) in [4.78, 5) is 22.7. The molecule has 0 spiro atoms. The van der Waals surface area contributed by atoms with Gasteiger partial charge in [-0.3, -0.25) is 0 Å². The number of rotatable bonds is 6. The molecule has 148 valence electrons. The number of nitrogens with zero attached hydrogens (tertiary/aromatic N) is 3. The van der Waals surface area contributed by atoms with E-state index in [0.717, 1.165) is 24.5 Å². The zero-order valence-electron chi connectivity index (χ0n) is 16.3. The van der Waals surface area contributed by atoms with E-state index in [1.165, 1.54) is 25.6 Å². The zero-order chi connectivity index (χ0) is 20.1. The molecule has 1 aromatic heterocycles. The summed E-state index contributed by atoms with van der Waals surface area (Å²) in [6, 6.07) is 17.2. The molecule has 1 saturated heterocycles. The van der Waals surface area contributed by atoms with Gasteiger partial charge in [0.1, 0.15) is 5.82 Å². The van der Waals surface area contributed by atoms with Crippen molar-refractivity contribution in [2.75, 3.05) is 35.7 Å². The Morgan fingerprint density at radius 1 is 0.931 bits per heavy atom. The summed E-state index contributed by atoms with van der Waals surface area (Å²) in [6.45, 7) is 2.27. The third-order valence-electron chi connectivity index (χ3n) is 4.83. The second-order valence-corrected chi connectivity index (χ2v) is 6.83. The number of aromatic nitrogens is 2. The van der Waals surface area contributed by atoms with Gasteiger partial charge in [-0.1, -0.05) is 0 Å². The molecule has 7 heteroatoms. The number of nitrogens with one attached hydrogen (secondary N) is 2. The van der Waals surface area contributed by atoms with Gasteiger partial charge in [-0.2, -0.15) is 4.98 Å². The molecule has 0 saturated carbocycles. The van der Waals surface area contributed by atoms with Crippen LogP contribution < -0.4 is 15.5 Å². The predicted octanol–water partition coefficient (Wildman–Crippen LogP) is 4.35. The van der Waals surface area contributed by atoms with Crippen molar-refractivity contribution in [3.63, 3.8) is 0 Å². The molecule has 2 N–H and O–H groups in total. The second-order valence-electron chi connectivity index (χ2n) is 6.83. The van der Waals surface area contributed by atoms with Gasteiger partial charge in [-0.25, -0.2) is 9.78 Å². The summed E-state index contributed by atoms with van der Waals surface area (Å²) in [5.74, 6) is 0.798. The van der Waals surface area contributed by atoms with Crippen LogP contribution in [0.2, 0.25) is 0 Å². The Hall–Kier alpha value is -3.61. The summed E-state index contributed by atoms with van der Waals surface area (Å²) in [7, 11) is 1.36. The van der Waals surface area contributed by atoms with Crippen LogP contribution in [-0.4, -0.2) is 36.1 Å². The molecule has 0 unspecified atom stereocenters. The fourth-order valence-electron chi connectivity index (χ4n) is 3.30. The lowest BCUT2D eigenvalue weighted by Gasteiger charge is -2.18. The summed E-state index contributed by atoms with van der Waals surface area (Å²) in [5, 5.41) is 6.45. The molecule has 0 amide bonds. The van der Waals surface area contributed by atoms with Crippen LogP contribution in [0.1, 0.15) is 23.2 Å². The maximum absolute atomic E-state index is 11.5. The van der Waals surface area contributed by atoms with E-state index in [1.54, 1.807) is 30.5 Å². The molecule has 1 aliphatic heterocycles. The number of hydrogen-bond acceptors (Lipinski definition) is 7. The van der Waals surface area contributed by atoms with Crippen molar-refractivity contribution in [3.8, 4) is 0 Å². The van der Waals surface area contributed by atoms with Crippen LogP contribution in [0, 0.1) is 0 Å². The zero-order valence-corrected chi connectivity index (χ0v) is 16.3. The van der Waals surface area contributed by atoms with E-state index >= 15 is 0 Å². The quantitative estimate of drug-likeness (QED) is 0.607. The highest BCUT2D eigenvalue weighted by Crippen LogP contribution is 2.24. The SMILES string of the molecule is COC(=O)c1ccc(Nc2nccc(Nc3ccc(N4CCCC4)cc3)n2)cc1. The molecule has 7 nitrogen and oxygen atoms in total. The number of carbonyl (C=O) groups excluding carboxylic acids is 1. The van der Waals surface area contributed by atoms with E-state index in [4.69, 9.17) is 4.74 Å². The van der Waals surface area contributed by atoms with Crippen molar-refractivity contribution in [2.24, 2.45) is 0 Å². The lowest BCUT2D eigenvalue weighted by atomic mass is 10.2. The molecule has 4 rings (SSSR count). The first kappa shape index (κ1) is 18.7. The highest BCUT2D eigenvalue weighted by Gasteiger charge is 2.12. The molecule has 3 aromatic rings. The average Bonchev–Trinajstić information content (AvgIpc) is 3.29. The maximum atomic E-state index is 11.5. The van der Waals surface area contributed by atoms with E-state index in [9.17, 15) is 4.79 Å². The molecule has 1 fully saturated rings. The molecule has 1 aliphatic rings. The maximum Gasteiger partial charge on any atom is 0.337 e. The molecule has 0 aliphatic carbocycles. The topological polar surface area (TPSA) is 79.4 Å². The van der Waals surface area contributed by atoms with Gasteiger partial charge in [-0.15, -0.1) is 0 Å². The number of ether oxygens (including phenoxy) is 1. The molecular weight excluding hydrogens is 366 g/mol. The molecular formula is C22H23N5O2. The Morgan fingerprint density at radius 2 is 1.59 bits per heavy atom. The van der Waals surface area contributed by atoms with Crippen molar-refractivity contribution < 1.29 is 9.53 Å². The minimum absolute atomic E-state index is 0.366. The van der Waals surface area contributed by atoms with Crippen LogP contribution in [0.3, 0.4) is 0 Å². The summed E-state index contributed by atoms with van der Waals surface area (Å²) >= 11 is 0. The number of esters is 1. The molecule has 2 heterocycles. The molecule has 2 aromatic carbocycles. The lowest BCUT2D eigenvalue weighted by Crippen LogP contribution is -2.17. The Labute approximate surface area is 169 Å². The fraction of sp³-hybridized carbons (Fsp3) is 0.227. The Morgan fingerprint density at radius 3 is 2.28 bits per heavy atom. The second kappa shape index (κ2) is 8.60. The predicted molar refractivity (Wildman–Crippen MR) is 114 cm³/mol. The van der Waals surface area contributed by atoms with E-state index in [-0.39, 0.29) is 5.97 Å². The highest BCUT2D eigenvalue weighted by atomic mass is 16.5. The number of carbonyl (C=O) groups is 1. The Kier molecular flexibility index (Phi) is 5.56. The van der Waals surface area contributed by atoms with Crippen LogP contribution in [0.5, 0.6) is 0 Å². The van der Waals surface area contributed by atoms with Crippen LogP contribution in [0.15, 0.2) is 60.8 Å². The number of methoxy groups -OCH3 is 1. The van der Waals surface area contributed by atoms with Crippen LogP contribution in [0.4, 0.5) is 28.8 Å². The summed E-state index contributed by atoms with van der Waals surface area (Å²) < 4.78 is 4.71. The normalized spacial score (nSPS) is 13.2. The summed E-state index contributed by atoms with van der Waals surface area (Å²) in [6.07, 6.45) is 4.23. The average molecular weight is 389 g/mol. The Balaban J connectivity index is 1.41. The number of hydrogen-bond donors (Lipinski definition) is 2. The van der Waals surface area contributed by atoms with Gasteiger partial charge in [0.05, 0.1) is 12.7 Å². The lowest BCUT2D eigenvalue weighted by molar-refractivity contribution is 0.0601. The first-order valence-corrected chi connectivity index (χ1v) is 9.62. The van der Waals surface area contributed by atoms with Gasteiger partial charge in [0.25, 0.3) is 0 Å². The minimum Gasteiger partial charge on any atom is -0.465 e. The van der Waals surface area contributed by atoms with E-state index < -0.39 is 0 Å². The number of benzene rings is 2. The first-order valence-electron chi connectivity index (χ1n) is 9.62. The smallest absolute Gasteiger partial charge is 0.337 e. The van der Waals surface area contributed by atoms with Crippen LogP contribution in [0.25, 0.3) is 0 Å². The first-order chi connectivity index (χ1) is 14.2. The molecule has 0 radical (unpaired) electrons. The minimum atomic E-state index is -0.366. The highest BCUT2D eigenvalue weighted by molar-refractivity contribution is 5.89. The van der Waals surface area contributed by atoms with Crippen molar-refractivity contribution in [1.29, 1.82) is 0 Å². The van der Waals surface area contributed by atoms with Gasteiger partial charge in [-0.05, 0) is 67.4 Å². The summed E-state index contributed by atoms with van der Waals surface area (Å²) in [5.41, 5.74) is 3.50. The molecule has 0 atom stereocenters. The number of anilines is 5. The monoisotopic (exact) mass is 389 g/mol. The van der Waals surface area contributed by atoms with Crippen LogP contribution >= 0.6 is 0 Å². The van der Waals surface area contributed by atoms with Crippen molar-refractivity contribution in [1.82, 2.24) is 9.97 Å². The van der Waals surface area contributed by atoms with Gasteiger partial charge < -0.3 is 20.3 Å².